The van der Waals surface area contributed by atoms with Crippen molar-refractivity contribution < 1.29 is 19.0 Å². The molecular weight excluding hydrogens is 274 g/mol. The molecule has 0 aliphatic carbocycles. The highest BCUT2D eigenvalue weighted by molar-refractivity contribution is 5.97. The number of ether oxygens (including phenoxy) is 3. The monoisotopic (exact) mass is 291 g/mol. The summed E-state index contributed by atoms with van der Waals surface area (Å²) in [4.78, 5) is 19.2. The Kier molecular flexibility index (Phi) is 4.65. The summed E-state index contributed by atoms with van der Waals surface area (Å²) in [6.07, 6.45) is 3.32. The molecule has 2 aromatic rings. The van der Waals surface area contributed by atoms with E-state index in [0.29, 0.717) is 35.2 Å². The van der Waals surface area contributed by atoms with Crippen LogP contribution in [-0.4, -0.2) is 37.2 Å². The highest BCUT2D eigenvalue weighted by Crippen LogP contribution is 2.34. The number of H-pyrrole nitrogens is 1. The van der Waals surface area contributed by atoms with Gasteiger partial charge in [-0.2, -0.15) is 0 Å². The molecule has 0 bridgehead atoms. The van der Waals surface area contributed by atoms with Gasteiger partial charge in [0.05, 0.1) is 33.4 Å². The van der Waals surface area contributed by atoms with Crippen LogP contribution in [0, 0.1) is 0 Å². The minimum atomic E-state index is -0.288. The standard InChI is InChI=1S/C14H17N3O4/c1-19-10-7-12(21-3)11(20-2)6-9(10)14(18)17-8-13-15-4-5-16-13/h4-7H,8H2,1-3H3,(H,15,16)(H,17,18). The maximum atomic E-state index is 12.3. The molecule has 0 saturated carbocycles. The fourth-order valence-corrected chi connectivity index (χ4v) is 1.86. The Hall–Kier alpha value is -2.70. The third-order valence-corrected chi connectivity index (χ3v) is 2.92. The maximum Gasteiger partial charge on any atom is 0.255 e. The number of aromatic amines is 1. The second kappa shape index (κ2) is 6.65. The zero-order valence-electron chi connectivity index (χ0n) is 12.1. The minimum Gasteiger partial charge on any atom is -0.496 e. The third kappa shape index (κ3) is 3.25. The molecule has 0 aliphatic rings. The average molecular weight is 291 g/mol. The van der Waals surface area contributed by atoms with Gasteiger partial charge in [-0.25, -0.2) is 4.98 Å². The molecule has 7 heteroatoms. The zero-order valence-corrected chi connectivity index (χ0v) is 12.1. The molecule has 1 heterocycles. The maximum absolute atomic E-state index is 12.3. The van der Waals surface area contributed by atoms with Crippen LogP contribution in [0.25, 0.3) is 0 Å². The number of methoxy groups -OCH3 is 3. The van der Waals surface area contributed by atoms with E-state index < -0.39 is 0 Å². The van der Waals surface area contributed by atoms with Gasteiger partial charge in [-0.1, -0.05) is 0 Å². The van der Waals surface area contributed by atoms with Crippen molar-refractivity contribution in [1.29, 1.82) is 0 Å². The number of carbonyl (C=O) groups excluding carboxylic acids is 1. The molecule has 0 radical (unpaired) electrons. The summed E-state index contributed by atoms with van der Waals surface area (Å²) in [6.45, 7) is 0.295. The molecule has 0 aliphatic heterocycles. The Bertz CT molecular complexity index is 611. The molecule has 0 saturated heterocycles. The fourth-order valence-electron chi connectivity index (χ4n) is 1.86. The van der Waals surface area contributed by atoms with Gasteiger partial charge >= 0.3 is 0 Å². The van der Waals surface area contributed by atoms with Gasteiger partial charge < -0.3 is 24.5 Å². The zero-order chi connectivity index (χ0) is 15.2. The predicted molar refractivity (Wildman–Crippen MR) is 75.9 cm³/mol. The molecule has 21 heavy (non-hydrogen) atoms. The molecule has 0 atom stereocenters. The molecule has 1 aromatic heterocycles. The summed E-state index contributed by atoms with van der Waals surface area (Å²) in [7, 11) is 4.52. The van der Waals surface area contributed by atoms with Gasteiger partial charge in [-0.3, -0.25) is 4.79 Å². The largest absolute Gasteiger partial charge is 0.496 e. The number of hydrogen-bond donors (Lipinski definition) is 2. The Labute approximate surface area is 122 Å². The number of imidazole rings is 1. The van der Waals surface area contributed by atoms with Gasteiger partial charge in [0.15, 0.2) is 11.5 Å². The van der Waals surface area contributed by atoms with Gasteiger partial charge in [0, 0.05) is 24.5 Å². The molecule has 1 aromatic carbocycles. The molecule has 1 amide bonds. The molecule has 7 nitrogen and oxygen atoms in total. The lowest BCUT2D eigenvalue weighted by atomic mass is 10.1. The number of amides is 1. The van der Waals surface area contributed by atoms with Crippen molar-refractivity contribution in [1.82, 2.24) is 15.3 Å². The highest BCUT2D eigenvalue weighted by Gasteiger charge is 2.17. The Morgan fingerprint density at radius 3 is 2.38 bits per heavy atom. The van der Waals surface area contributed by atoms with Gasteiger partial charge in [0.1, 0.15) is 11.6 Å². The molecule has 2 rings (SSSR count). The fraction of sp³-hybridized carbons (Fsp3) is 0.286. The summed E-state index contributed by atoms with van der Waals surface area (Å²) >= 11 is 0. The van der Waals surface area contributed by atoms with Crippen LogP contribution in [-0.2, 0) is 6.54 Å². The minimum absolute atomic E-state index is 0.288. The second-order valence-electron chi connectivity index (χ2n) is 4.13. The van der Waals surface area contributed by atoms with E-state index in [1.807, 2.05) is 0 Å². The van der Waals surface area contributed by atoms with E-state index in [2.05, 4.69) is 15.3 Å². The summed E-state index contributed by atoms with van der Waals surface area (Å²) in [5, 5.41) is 2.76. The third-order valence-electron chi connectivity index (χ3n) is 2.92. The topological polar surface area (TPSA) is 85.5 Å². The number of rotatable bonds is 6. The number of nitrogens with one attached hydrogen (secondary N) is 2. The molecular formula is C14H17N3O4. The number of benzene rings is 1. The van der Waals surface area contributed by atoms with E-state index in [0.717, 1.165) is 0 Å². The molecule has 0 unspecified atom stereocenters. The first kappa shape index (κ1) is 14.7. The number of aromatic nitrogens is 2. The normalized spacial score (nSPS) is 10.0. The molecule has 0 fully saturated rings. The summed E-state index contributed by atoms with van der Waals surface area (Å²) in [6, 6.07) is 3.19. The van der Waals surface area contributed by atoms with Crippen molar-refractivity contribution in [3.8, 4) is 17.2 Å². The first-order chi connectivity index (χ1) is 10.2. The second-order valence-corrected chi connectivity index (χ2v) is 4.13. The number of carbonyl (C=O) groups is 1. The predicted octanol–water partition coefficient (Wildman–Crippen LogP) is 1.37. The van der Waals surface area contributed by atoms with Crippen molar-refractivity contribution in [3.05, 3.63) is 35.9 Å². The lowest BCUT2D eigenvalue weighted by molar-refractivity contribution is 0.0946. The summed E-state index contributed by atoms with van der Waals surface area (Å²) in [5.74, 6) is 1.75. The van der Waals surface area contributed by atoms with Crippen molar-refractivity contribution in [2.75, 3.05) is 21.3 Å². The first-order valence-electron chi connectivity index (χ1n) is 6.26. The van der Waals surface area contributed by atoms with Crippen molar-refractivity contribution in [3.63, 3.8) is 0 Å². The Balaban J connectivity index is 2.22. The van der Waals surface area contributed by atoms with Crippen LogP contribution in [0.2, 0.25) is 0 Å². The highest BCUT2D eigenvalue weighted by atomic mass is 16.5. The lowest BCUT2D eigenvalue weighted by Crippen LogP contribution is -2.24. The summed E-state index contributed by atoms with van der Waals surface area (Å²) < 4.78 is 15.6. The van der Waals surface area contributed by atoms with E-state index in [9.17, 15) is 4.79 Å². The van der Waals surface area contributed by atoms with Crippen molar-refractivity contribution in [2.45, 2.75) is 6.54 Å². The van der Waals surface area contributed by atoms with E-state index >= 15 is 0 Å². The van der Waals surface area contributed by atoms with Gasteiger partial charge in [-0.15, -0.1) is 0 Å². The van der Waals surface area contributed by atoms with E-state index in [1.165, 1.54) is 21.3 Å². The van der Waals surface area contributed by atoms with Crippen LogP contribution >= 0.6 is 0 Å². The van der Waals surface area contributed by atoms with Crippen molar-refractivity contribution >= 4 is 5.91 Å². The average Bonchev–Trinajstić information content (AvgIpc) is 3.04. The van der Waals surface area contributed by atoms with E-state index in [-0.39, 0.29) is 5.91 Å². The molecule has 112 valence electrons. The van der Waals surface area contributed by atoms with Crippen molar-refractivity contribution in [2.24, 2.45) is 0 Å². The van der Waals surface area contributed by atoms with Crippen LogP contribution in [0.1, 0.15) is 16.2 Å². The van der Waals surface area contributed by atoms with E-state index in [1.54, 1.807) is 24.5 Å². The Morgan fingerprint density at radius 1 is 1.14 bits per heavy atom. The first-order valence-corrected chi connectivity index (χ1v) is 6.26. The quantitative estimate of drug-likeness (QED) is 0.839. The van der Waals surface area contributed by atoms with Crippen LogP contribution in [0.15, 0.2) is 24.5 Å². The van der Waals surface area contributed by atoms with E-state index in [4.69, 9.17) is 14.2 Å². The van der Waals surface area contributed by atoms with Crippen LogP contribution in [0.3, 0.4) is 0 Å². The van der Waals surface area contributed by atoms with Crippen LogP contribution < -0.4 is 19.5 Å². The summed E-state index contributed by atoms with van der Waals surface area (Å²) in [5.41, 5.74) is 0.363. The number of hydrogen-bond acceptors (Lipinski definition) is 5. The SMILES string of the molecule is COc1cc(OC)c(C(=O)NCc2ncc[nH]2)cc1OC. The van der Waals surface area contributed by atoms with Crippen LogP contribution in [0.4, 0.5) is 0 Å². The van der Waals surface area contributed by atoms with Crippen LogP contribution in [0.5, 0.6) is 17.2 Å². The molecule has 2 N–H and O–H groups in total. The lowest BCUT2D eigenvalue weighted by Gasteiger charge is -2.13. The smallest absolute Gasteiger partial charge is 0.255 e. The molecule has 0 spiro atoms. The van der Waals surface area contributed by atoms with Gasteiger partial charge in [-0.05, 0) is 0 Å². The van der Waals surface area contributed by atoms with Gasteiger partial charge in [0.2, 0.25) is 0 Å². The Morgan fingerprint density at radius 2 is 1.81 bits per heavy atom. The number of nitrogens with zero attached hydrogens (tertiary/aromatic N) is 1. The van der Waals surface area contributed by atoms with Gasteiger partial charge in [0.25, 0.3) is 5.91 Å².